The molecule has 2 atom stereocenters. The predicted octanol–water partition coefficient (Wildman–Crippen LogP) is 0.342. The van der Waals surface area contributed by atoms with Crippen LogP contribution in [0.5, 0.6) is 0 Å². The van der Waals surface area contributed by atoms with Gasteiger partial charge in [0.05, 0.1) is 12.9 Å². The molecule has 0 saturated carbocycles. The minimum Gasteiger partial charge on any atom is -0.465 e. The fourth-order valence-electron chi connectivity index (χ4n) is 2.50. The first kappa shape index (κ1) is 16.4. The van der Waals surface area contributed by atoms with Gasteiger partial charge in [-0.25, -0.2) is 13.1 Å². The highest BCUT2D eigenvalue weighted by Crippen LogP contribution is 2.16. The number of carbonyl (C=O) groups excluding carboxylic acids is 1. The number of esters is 1. The van der Waals surface area contributed by atoms with E-state index in [0.717, 1.165) is 25.6 Å². The standard InChI is InChI=1S/C12H24N2O4S/c1-4-11(12(15)18-5-2)14-8-6-7-10(9-14)13-19(3,16)17/h10-11,13H,4-9H2,1-3H3/t10-,11+/m0/s1. The van der Waals surface area contributed by atoms with E-state index in [1.807, 2.05) is 11.8 Å². The van der Waals surface area contributed by atoms with Crippen LogP contribution in [0.25, 0.3) is 0 Å². The van der Waals surface area contributed by atoms with Gasteiger partial charge in [0.15, 0.2) is 0 Å². The Bertz CT molecular complexity index is 397. The zero-order valence-electron chi connectivity index (χ0n) is 11.9. The van der Waals surface area contributed by atoms with Crippen LogP contribution in [-0.2, 0) is 19.6 Å². The van der Waals surface area contributed by atoms with Gasteiger partial charge in [0.2, 0.25) is 10.0 Å². The maximum absolute atomic E-state index is 11.9. The van der Waals surface area contributed by atoms with Crippen molar-refractivity contribution in [3.05, 3.63) is 0 Å². The minimum atomic E-state index is -3.20. The summed E-state index contributed by atoms with van der Waals surface area (Å²) in [7, 11) is -3.20. The first-order valence-electron chi connectivity index (χ1n) is 6.75. The van der Waals surface area contributed by atoms with Gasteiger partial charge in [0.1, 0.15) is 6.04 Å². The summed E-state index contributed by atoms with van der Waals surface area (Å²) in [6.07, 6.45) is 3.52. The Kier molecular flexibility index (Phi) is 6.22. The lowest BCUT2D eigenvalue weighted by Crippen LogP contribution is -2.53. The zero-order valence-corrected chi connectivity index (χ0v) is 12.7. The van der Waals surface area contributed by atoms with Gasteiger partial charge in [-0.15, -0.1) is 0 Å². The first-order valence-corrected chi connectivity index (χ1v) is 8.64. The molecule has 7 heteroatoms. The fraction of sp³-hybridized carbons (Fsp3) is 0.917. The van der Waals surface area contributed by atoms with Crippen LogP contribution in [0.3, 0.4) is 0 Å². The first-order chi connectivity index (χ1) is 8.87. The average Bonchev–Trinajstić information content (AvgIpc) is 2.28. The number of hydrogen-bond donors (Lipinski definition) is 1. The molecule has 1 aliphatic heterocycles. The monoisotopic (exact) mass is 292 g/mol. The van der Waals surface area contributed by atoms with Gasteiger partial charge in [-0.3, -0.25) is 9.69 Å². The number of rotatable bonds is 6. The molecule has 1 fully saturated rings. The van der Waals surface area contributed by atoms with Crippen LogP contribution in [0.15, 0.2) is 0 Å². The van der Waals surface area contributed by atoms with Crippen LogP contribution >= 0.6 is 0 Å². The van der Waals surface area contributed by atoms with Crippen molar-refractivity contribution in [1.82, 2.24) is 9.62 Å². The number of nitrogens with zero attached hydrogens (tertiary/aromatic N) is 1. The third-order valence-corrected chi connectivity index (χ3v) is 3.98. The Morgan fingerprint density at radius 1 is 1.47 bits per heavy atom. The molecule has 19 heavy (non-hydrogen) atoms. The summed E-state index contributed by atoms with van der Waals surface area (Å²) in [5.41, 5.74) is 0. The van der Waals surface area contributed by atoms with E-state index in [0.29, 0.717) is 19.6 Å². The van der Waals surface area contributed by atoms with Crippen LogP contribution in [0.2, 0.25) is 0 Å². The summed E-state index contributed by atoms with van der Waals surface area (Å²) in [5.74, 6) is -0.218. The molecule has 0 bridgehead atoms. The molecule has 0 aromatic carbocycles. The highest BCUT2D eigenvalue weighted by Gasteiger charge is 2.31. The summed E-state index contributed by atoms with van der Waals surface area (Å²) in [6, 6.07) is -0.392. The fourth-order valence-corrected chi connectivity index (χ4v) is 3.30. The molecule has 1 saturated heterocycles. The normalized spacial score (nSPS) is 23.0. The summed E-state index contributed by atoms with van der Waals surface area (Å²) in [5, 5.41) is 0. The molecule has 6 nitrogen and oxygen atoms in total. The van der Waals surface area contributed by atoms with Crippen molar-refractivity contribution in [2.75, 3.05) is 26.0 Å². The maximum Gasteiger partial charge on any atom is 0.323 e. The second kappa shape index (κ2) is 7.21. The van der Waals surface area contributed by atoms with Crippen LogP contribution in [0.4, 0.5) is 0 Å². The average molecular weight is 292 g/mol. The number of nitrogens with one attached hydrogen (secondary N) is 1. The van der Waals surface area contributed by atoms with E-state index in [4.69, 9.17) is 4.74 Å². The van der Waals surface area contributed by atoms with Crippen LogP contribution in [0, 0.1) is 0 Å². The summed E-state index contributed by atoms with van der Waals surface area (Å²) in [6.45, 7) is 5.46. The van der Waals surface area contributed by atoms with Gasteiger partial charge >= 0.3 is 5.97 Å². The molecule has 0 spiro atoms. The number of likely N-dealkylation sites (tertiary alicyclic amines) is 1. The Balaban J connectivity index is 2.64. The van der Waals surface area contributed by atoms with Crippen LogP contribution < -0.4 is 4.72 Å². The van der Waals surface area contributed by atoms with E-state index in [1.54, 1.807) is 6.92 Å². The molecule has 112 valence electrons. The molecular weight excluding hydrogens is 268 g/mol. The quantitative estimate of drug-likeness (QED) is 0.715. The molecule has 0 aliphatic carbocycles. The summed E-state index contributed by atoms with van der Waals surface area (Å²) >= 11 is 0. The van der Waals surface area contributed by atoms with Crippen LogP contribution in [0.1, 0.15) is 33.1 Å². The van der Waals surface area contributed by atoms with E-state index >= 15 is 0 Å². The van der Waals surface area contributed by atoms with E-state index < -0.39 is 10.0 Å². The van der Waals surface area contributed by atoms with E-state index in [9.17, 15) is 13.2 Å². The smallest absolute Gasteiger partial charge is 0.323 e. The molecule has 1 N–H and O–H groups in total. The molecule has 0 radical (unpaired) electrons. The number of carbonyl (C=O) groups is 1. The number of hydrogen-bond acceptors (Lipinski definition) is 5. The van der Waals surface area contributed by atoms with Gasteiger partial charge in [0, 0.05) is 12.6 Å². The van der Waals surface area contributed by atoms with Crippen molar-refractivity contribution in [2.24, 2.45) is 0 Å². The SMILES string of the molecule is CCOC(=O)[C@@H](CC)N1CCC[C@H](NS(C)(=O)=O)C1. The van der Waals surface area contributed by atoms with E-state index in [1.165, 1.54) is 0 Å². The lowest BCUT2D eigenvalue weighted by atomic mass is 10.0. The Hall–Kier alpha value is -0.660. The summed E-state index contributed by atoms with van der Waals surface area (Å²) < 4.78 is 30.2. The van der Waals surface area contributed by atoms with Crippen molar-refractivity contribution in [3.8, 4) is 0 Å². The molecule has 0 aromatic rings. The number of piperidine rings is 1. The van der Waals surface area contributed by atoms with Crippen LogP contribution in [-0.4, -0.2) is 57.3 Å². The Morgan fingerprint density at radius 2 is 2.16 bits per heavy atom. The number of ether oxygens (including phenoxy) is 1. The molecule has 0 unspecified atom stereocenters. The molecule has 1 rings (SSSR count). The predicted molar refractivity (Wildman–Crippen MR) is 73.3 cm³/mol. The lowest BCUT2D eigenvalue weighted by Gasteiger charge is -2.36. The lowest BCUT2D eigenvalue weighted by molar-refractivity contribution is -0.150. The Labute approximate surface area is 115 Å². The van der Waals surface area contributed by atoms with E-state index in [2.05, 4.69) is 4.72 Å². The van der Waals surface area contributed by atoms with Crippen molar-refractivity contribution < 1.29 is 17.9 Å². The molecular formula is C12H24N2O4S. The van der Waals surface area contributed by atoms with Gasteiger partial charge in [-0.1, -0.05) is 6.92 Å². The number of sulfonamides is 1. The maximum atomic E-state index is 11.9. The third-order valence-electron chi connectivity index (χ3n) is 3.22. The topological polar surface area (TPSA) is 75.7 Å². The highest BCUT2D eigenvalue weighted by atomic mass is 32.2. The van der Waals surface area contributed by atoms with Gasteiger partial charge < -0.3 is 4.74 Å². The third kappa shape index (κ3) is 5.46. The van der Waals surface area contributed by atoms with Gasteiger partial charge in [-0.05, 0) is 32.7 Å². The molecule has 1 heterocycles. The van der Waals surface area contributed by atoms with Gasteiger partial charge in [-0.2, -0.15) is 0 Å². The molecule has 0 aromatic heterocycles. The largest absolute Gasteiger partial charge is 0.465 e. The highest BCUT2D eigenvalue weighted by molar-refractivity contribution is 7.88. The van der Waals surface area contributed by atoms with Crippen molar-refractivity contribution >= 4 is 16.0 Å². The Morgan fingerprint density at radius 3 is 2.68 bits per heavy atom. The second-order valence-corrected chi connectivity index (χ2v) is 6.68. The molecule has 0 amide bonds. The molecule has 1 aliphatic rings. The summed E-state index contributed by atoms with van der Waals surface area (Å²) in [4.78, 5) is 13.9. The van der Waals surface area contributed by atoms with Crippen molar-refractivity contribution in [1.29, 1.82) is 0 Å². The second-order valence-electron chi connectivity index (χ2n) is 4.90. The van der Waals surface area contributed by atoms with E-state index in [-0.39, 0.29) is 18.1 Å². The van der Waals surface area contributed by atoms with Gasteiger partial charge in [0.25, 0.3) is 0 Å². The zero-order chi connectivity index (χ0) is 14.5. The van der Waals surface area contributed by atoms with Crippen molar-refractivity contribution in [2.45, 2.75) is 45.2 Å². The minimum absolute atomic E-state index is 0.118. The van der Waals surface area contributed by atoms with Crippen molar-refractivity contribution in [3.63, 3.8) is 0 Å².